The van der Waals surface area contributed by atoms with Crippen molar-refractivity contribution in [1.82, 2.24) is 10.6 Å². The summed E-state index contributed by atoms with van der Waals surface area (Å²) < 4.78 is 16.2. The number of carboxylic acids is 1. The summed E-state index contributed by atoms with van der Waals surface area (Å²) in [5.41, 5.74) is -0.941. The molecule has 2 atom stereocenters. The summed E-state index contributed by atoms with van der Waals surface area (Å²) in [4.78, 5) is 23.2. The Morgan fingerprint density at radius 3 is 2.52 bits per heavy atom. The number of hydrogen-bond donors (Lipinski definition) is 3. The van der Waals surface area contributed by atoms with Crippen LogP contribution < -0.4 is 10.6 Å². The molecule has 1 saturated heterocycles. The molecule has 0 spiro atoms. The summed E-state index contributed by atoms with van der Waals surface area (Å²) in [6.07, 6.45) is 3.03. The summed E-state index contributed by atoms with van der Waals surface area (Å²) in [6.45, 7) is 2.71. The molecule has 1 fully saturated rings. The average molecular weight is 320 g/mol. The lowest BCUT2D eigenvalue weighted by Gasteiger charge is -2.33. The predicted octanol–water partition coefficient (Wildman–Crippen LogP) is 0.324. The van der Waals surface area contributed by atoms with Crippen molar-refractivity contribution in [1.29, 1.82) is 0 Å². The van der Waals surface area contributed by atoms with Crippen molar-refractivity contribution in [3.05, 3.63) is 0 Å². The molecule has 1 aliphatic rings. The molecule has 2 unspecified atom stereocenters. The Hall–Kier alpha value is -1.15. The first-order valence-corrected chi connectivity index (χ1v) is 8.74. The van der Waals surface area contributed by atoms with E-state index >= 15 is 0 Å². The minimum absolute atomic E-state index is 0.0873. The predicted molar refractivity (Wildman–Crippen MR) is 79.7 cm³/mol. The Labute approximate surface area is 127 Å². The van der Waals surface area contributed by atoms with Gasteiger partial charge in [-0.25, -0.2) is 4.79 Å². The topological polar surface area (TPSA) is 105 Å². The standard InChI is InChI=1S/C13H24N2O5S/c1-10(3-8-21(2)19)15-12(18)14-9-13(11(16)17)4-6-20-7-5-13/h10H,3-9H2,1-2H3,(H,16,17)(H2,14,15,18). The van der Waals surface area contributed by atoms with Gasteiger partial charge in [0.25, 0.3) is 0 Å². The van der Waals surface area contributed by atoms with Gasteiger partial charge in [-0.15, -0.1) is 0 Å². The zero-order valence-electron chi connectivity index (χ0n) is 12.5. The van der Waals surface area contributed by atoms with E-state index < -0.39 is 28.2 Å². The summed E-state index contributed by atoms with van der Waals surface area (Å²) >= 11 is 0. The first kappa shape index (κ1) is 17.9. The number of carbonyl (C=O) groups excluding carboxylic acids is 1. The van der Waals surface area contributed by atoms with Gasteiger partial charge >= 0.3 is 12.0 Å². The third kappa shape index (κ3) is 6.01. The van der Waals surface area contributed by atoms with Crippen molar-refractivity contribution in [3.63, 3.8) is 0 Å². The van der Waals surface area contributed by atoms with Gasteiger partial charge in [0.05, 0.1) is 5.41 Å². The lowest BCUT2D eigenvalue weighted by atomic mass is 9.80. The van der Waals surface area contributed by atoms with Gasteiger partial charge in [0.2, 0.25) is 0 Å². The fourth-order valence-corrected chi connectivity index (χ4v) is 2.85. The Bertz CT molecular complexity index is 396. The minimum Gasteiger partial charge on any atom is -0.481 e. The zero-order chi connectivity index (χ0) is 15.9. The minimum atomic E-state index is -0.941. The molecule has 0 radical (unpaired) electrons. The van der Waals surface area contributed by atoms with Crippen LogP contribution in [0.2, 0.25) is 0 Å². The molecule has 1 heterocycles. The molecule has 7 nitrogen and oxygen atoms in total. The van der Waals surface area contributed by atoms with E-state index in [0.29, 0.717) is 38.2 Å². The van der Waals surface area contributed by atoms with Gasteiger partial charge < -0.3 is 20.5 Å². The van der Waals surface area contributed by atoms with Crippen LogP contribution in [0.5, 0.6) is 0 Å². The fourth-order valence-electron chi connectivity index (χ4n) is 2.17. The van der Waals surface area contributed by atoms with Gasteiger partial charge in [0.15, 0.2) is 0 Å². The van der Waals surface area contributed by atoms with Crippen molar-refractivity contribution < 1.29 is 23.6 Å². The molecule has 2 amide bonds. The zero-order valence-corrected chi connectivity index (χ0v) is 13.3. The molecule has 3 N–H and O–H groups in total. The third-order valence-electron chi connectivity index (χ3n) is 3.71. The van der Waals surface area contributed by atoms with Gasteiger partial charge in [-0.1, -0.05) is 0 Å². The third-order valence-corrected chi connectivity index (χ3v) is 4.52. The van der Waals surface area contributed by atoms with Gasteiger partial charge in [0.1, 0.15) is 0 Å². The van der Waals surface area contributed by atoms with Crippen LogP contribution in [0.3, 0.4) is 0 Å². The van der Waals surface area contributed by atoms with Crippen LogP contribution in [0.4, 0.5) is 4.79 Å². The molecule has 0 aliphatic carbocycles. The highest BCUT2D eigenvalue weighted by molar-refractivity contribution is 7.84. The maximum atomic E-state index is 11.8. The number of nitrogens with one attached hydrogen (secondary N) is 2. The lowest BCUT2D eigenvalue weighted by Crippen LogP contribution is -2.50. The van der Waals surface area contributed by atoms with E-state index in [1.54, 1.807) is 6.26 Å². The van der Waals surface area contributed by atoms with Crippen molar-refractivity contribution in [2.24, 2.45) is 5.41 Å². The molecule has 21 heavy (non-hydrogen) atoms. The van der Waals surface area contributed by atoms with E-state index in [9.17, 15) is 18.9 Å². The number of carboxylic acid groups (broad SMARTS) is 1. The smallest absolute Gasteiger partial charge is 0.315 e. The summed E-state index contributed by atoms with van der Waals surface area (Å²) in [5.74, 6) is -0.377. The largest absolute Gasteiger partial charge is 0.481 e. The molecule has 0 aromatic carbocycles. The van der Waals surface area contributed by atoms with Gasteiger partial charge in [-0.3, -0.25) is 9.00 Å². The molecule has 1 rings (SSSR count). The highest BCUT2D eigenvalue weighted by atomic mass is 32.2. The highest BCUT2D eigenvalue weighted by Gasteiger charge is 2.40. The quantitative estimate of drug-likeness (QED) is 0.627. The van der Waals surface area contributed by atoms with Crippen molar-refractivity contribution >= 4 is 22.8 Å². The van der Waals surface area contributed by atoms with Crippen LogP contribution in [0.25, 0.3) is 0 Å². The van der Waals surface area contributed by atoms with Gasteiger partial charge in [0, 0.05) is 48.6 Å². The Balaban J connectivity index is 2.39. The summed E-state index contributed by atoms with van der Waals surface area (Å²) in [6, 6.07) is -0.499. The molecule has 0 saturated carbocycles. The number of urea groups is 1. The van der Waals surface area contributed by atoms with E-state index in [4.69, 9.17) is 4.74 Å². The van der Waals surface area contributed by atoms with E-state index in [-0.39, 0.29) is 12.6 Å². The van der Waals surface area contributed by atoms with E-state index in [0.717, 1.165) is 0 Å². The number of aliphatic carboxylic acids is 1. The summed E-state index contributed by atoms with van der Waals surface area (Å²) in [5, 5.41) is 14.7. The van der Waals surface area contributed by atoms with Crippen LogP contribution in [0.15, 0.2) is 0 Å². The first-order valence-electron chi connectivity index (χ1n) is 7.01. The number of rotatable bonds is 7. The molecule has 0 aromatic heterocycles. The lowest BCUT2D eigenvalue weighted by molar-refractivity contribution is -0.154. The van der Waals surface area contributed by atoms with E-state index in [1.807, 2.05) is 6.92 Å². The monoisotopic (exact) mass is 320 g/mol. The Morgan fingerprint density at radius 2 is 2.00 bits per heavy atom. The van der Waals surface area contributed by atoms with Crippen molar-refractivity contribution in [3.8, 4) is 0 Å². The van der Waals surface area contributed by atoms with E-state index in [1.165, 1.54) is 0 Å². The number of amides is 2. The van der Waals surface area contributed by atoms with Crippen LogP contribution in [-0.2, 0) is 20.3 Å². The Morgan fingerprint density at radius 1 is 1.38 bits per heavy atom. The van der Waals surface area contributed by atoms with Gasteiger partial charge in [-0.2, -0.15) is 0 Å². The molecule has 8 heteroatoms. The maximum absolute atomic E-state index is 11.8. The summed E-state index contributed by atoms with van der Waals surface area (Å²) in [7, 11) is -0.885. The van der Waals surface area contributed by atoms with E-state index in [2.05, 4.69) is 10.6 Å². The second kappa shape index (κ2) is 8.33. The Kier molecular flexibility index (Phi) is 7.10. The first-order chi connectivity index (χ1) is 9.85. The normalized spacial score (nSPS) is 20.3. The van der Waals surface area contributed by atoms with Gasteiger partial charge in [-0.05, 0) is 26.2 Å². The average Bonchev–Trinajstić information content (AvgIpc) is 2.44. The van der Waals surface area contributed by atoms with Crippen LogP contribution in [-0.4, -0.2) is 59.1 Å². The number of ether oxygens (including phenoxy) is 1. The molecule has 1 aliphatic heterocycles. The maximum Gasteiger partial charge on any atom is 0.315 e. The molecular formula is C13H24N2O5S. The van der Waals surface area contributed by atoms with Crippen LogP contribution in [0, 0.1) is 5.41 Å². The van der Waals surface area contributed by atoms with Crippen LogP contribution in [0.1, 0.15) is 26.2 Å². The highest BCUT2D eigenvalue weighted by Crippen LogP contribution is 2.29. The number of carbonyl (C=O) groups is 2. The molecule has 122 valence electrons. The SMILES string of the molecule is CC(CCS(C)=O)NC(=O)NCC1(C(=O)O)CCOCC1. The second-order valence-corrected chi connectivity index (χ2v) is 7.05. The molecule has 0 bridgehead atoms. The fraction of sp³-hybridized carbons (Fsp3) is 0.846. The van der Waals surface area contributed by atoms with Crippen molar-refractivity contribution in [2.45, 2.75) is 32.2 Å². The second-order valence-electron chi connectivity index (χ2n) is 5.49. The molecular weight excluding hydrogens is 296 g/mol. The number of hydrogen-bond acceptors (Lipinski definition) is 4. The van der Waals surface area contributed by atoms with Crippen LogP contribution >= 0.6 is 0 Å². The van der Waals surface area contributed by atoms with Crippen molar-refractivity contribution in [2.75, 3.05) is 31.8 Å². The molecule has 0 aromatic rings.